The van der Waals surface area contributed by atoms with E-state index >= 15 is 0 Å². The summed E-state index contributed by atoms with van der Waals surface area (Å²) in [4.78, 5) is 38.6. The van der Waals surface area contributed by atoms with Gasteiger partial charge < -0.3 is 15.8 Å². The summed E-state index contributed by atoms with van der Waals surface area (Å²) in [7, 11) is 0. The molecule has 0 aliphatic rings. The molecular weight excluding hydrogens is 493 g/mol. The lowest BCUT2D eigenvalue weighted by Gasteiger charge is -2.22. The van der Waals surface area contributed by atoms with E-state index in [1.165, 1.54) is 24.3 Å². The number of carbonyl (C=O) groups excluding carboxylic acids is 3. The van der Waals surface area contributed by atoms with Crippen LogP contribution < -0.4 is 16.0 Å². The quantitative estimate of drug-likeness (QED) is 0.354. The molecule has 0 aliphatic carbocycles. The Bertz CT molecular complexity index is 1170. The average Bonchev–Trinajstić information content (AvgIpc) is 2.78. The first kappa shape index (κ1) is 23.9. The molecule has 0 spiro atoms. The van der Waals surface area contributed by atoms with Crippen molar-refractivity contribution >= 4 is 50.8 Å². The van der Waals surface area contributed by atoms with Gasteiger partial charge in [0.2, 0.25) is 0 Å². The summed E-state index contributed by atoms with van der Waals surface area (Å²) in [6.45, 7) is 1.31. The third-order valence-electron chi connectivity index (χ3n) is 4.60. The number of nitrogen functional groups attached to an aromatic ring is 1. The van der Waals surface area contributed by atoms with Crippen LogP contribution in [0, 0.1) is 5.82 Å². The predicted octanol–water partition coefficient (Wildman–Crippen LogP) is 4.63. The van der Waals surface area contributed by atoms with Gasteiger partial charge in [-0.3, -0.25) is 19.3 Å². The highest BCUT2D eigenvalue weighted by molar-refractivity contribution is 9.10. The molecule has 0 unspecified atom stereocenters. The molecule has 7 nitrogen and oxygen atoms in total. The van der Waals surface area contributed by atoms with Gasteiger partial charge in [-0.1, -0.05) is 15.9 Å². The number of esters is 1. The van der Waals surface area contributed by atoms with Gasteiger partial charge in [0.05, 0.1) is 12.3 Å². The number of hydrogen-bond donors (Lipinski definition) is 2. The van der Waals surface area contributed by atoms with Crippen LogP contribution in [0.4, 0.5) is 21.5 Å². The summed E-state index contributed by atoms with van der Waals surface area (Å²) < 4.78 is 20.0. The van der Waals surface area contributed by atoms with Crippen molar-refractivity contribution in [1.82, 2.24) is 0 Å². The lowest BCUT2D eigenvalue weighted by Crippen LogP contribution is -2.37. The lowest BCUT2D eigenvalue weighted by atomic mass is 10.1. The molecule has 0 saturated heterocycles. The van der Waals surface area contributed by atoms with Crippen LogP contribution in [-0.2, 0) is 9.53 Å². The highest BCUT2D eigenvalue weighted by atomic mass is 79.9. The molecule has 0 saturated carbocycles. The minimum atomic E-state index is -0.672. The first-order valence-corrected chi connectivity index (χ1v) is 10.8. The van der Waals surface area contributed by atoms with Gasteiger partial charge in [-0.25, -0.2) is 4.39 Å². The molecule has 9 heteroatoms. The summed E-state index contributed by atoms with van der Waals surface area (Å²) >= 11 is 3.18. The van der Waals surface area contributed by atoms with Gasteiger partial charge in [0.1, 0.15) is 12.4 Å². The van der Waals surface area contributed by atoms with Crippen molar-refractivity contribution in [2.24, 2.45) is 0 Å². The Kier molecular flexibility index (Phi) is 7.78. The smallest absolute Gasteiger partial charge is 0.326 e. The zero-order valence-electron chi connectivity index (χ0n) is 17.7. The molecule has 33 heavy (non-hydrogen) atoms. The number of amides is 2. The fourth-order valence-electron chi connectivity index (χ4n) is 2.99. The number of nitrogens with one attached hydrogen (secondary N) is 1. The SMILES string of the molecule is CCOC(=O)CN(C(=O)c1ccc(NC(=O)c2ccc(N)cc2)cc1)c1ccc(Br)cc1F. The summed E-state index contributed by atoms with van der Waals surface area (Å²) in [6.07, 6.45) is 0. The van der Waals surface area contributed by atoms with E-state index in [4.69, 9.17) is 10.5 Å². The number of anilines is 3. The molecule has 0 aliphatic heterocycles. The Hall–Kier alpha value is -3.72. The van der Waals surface area contributed by atoms with Gasteiger partial charge in [0, 0.05) is 27.0 Å². The van der Waals surface area contributed by atoms with E-state index in [9.17, 15) is 18.8 Å². The largest absolute Gasteiger partial charge is 0.465 e. The summed E-state index contributed by atoms with van der Waals surface area (Å²) in [5.41, 5.74) is 7.21. The van der Waals surface area contributed by atoms with E-state index in [2.05, 4.69) is 21.2 Å². The normalized spacial score (nSPS) is 10.4. The van der Waals surface area contributed by atoms with Crippen LogP contribution in [-0.4, -0.2) is 30.9 Å². The zero-order valence-corrected chi connectivity index (χ0v) is 19.3. The first-order chi connectivity index (χ1) is 15.8. The van der Waals surface area contributed by atoms with Gasteiger partial charge >= 0.3 is 5.97 Å². The minimum Gasteiger partial charge on any atom is -0.465 e. The van der Waals surface area contributed by atoms with Crippen LogP contribution in [0.3, 0.4) is 0 Å². The molecule has 3 rings (SSSR count). The number of nitrogens with two attached hydrogens (primary N) is 1. The molecule has 0 radical (unpaired) electrons. The zero-order chi connectivity index (χ0) is 24.0. The number of rotatable bonds is 7. The summed E-state index contributed by atoms with van der Waals surface area (Å²) in [6, 6.07) is 16.7. The number of carbonyl (C=O) groups is 3. The fraction of sp³-hybridized carbons (Fsp3) is 0.125. The Morgan fingerprint density at radius 3 is 2.24 bits per heavy atom. The van der Waals surface area contributed by atoms with Crippen molar-refractivity contribution in [3.63, 3.8) is 0 Å². The highest BCUT2D eigenvalue weighted by Crippen LogP contribution is 2.25. The topological polar surface area (TPSA) is 102 Å². The van der Waals surface area contributed by atoms with Crippen molar-refractivity contribution in [3.8, 4) is 0 Å². The van der Waals surface area contributed by atoms with Crippen LogP contribution in [0.15, 0.2) is 71.2 Å². The van der Waals surface area contributed by atoms with Gasteiger partial charge in [-0.05, 0) is 73.7 Å². The van der Waals surface area contributed by atoms with Gasteiger partial charge in [-0.2, -0.15) is 0 Å². The third kappa shape index (κ3) is 6.17. The van der Waals surface area contributed by atoms with Gasteiger partial charge in [0.25, 0.3) is 11.8 Å². The number of ether oxygens (including phenoxy) is 1. The van der Waals surface area contributed by atoms with E-state index in [1.54, 1.807) is 49.4 Å². The average molecular weight is 514 g/mol. The van der Waals surface area contributed by atoms with E-state index in [0.717, 1.165) is 4.90 Å². The Balaban J connectivity index is 1.81. The number of halogens is 2. The second-order valence-electron chi connectivity index (χ2n) is 6.95. The molecule has 0 fully saturated rings. The van der Waals surface area contributed by atoms with Gasteiger partial charge in [-0.15, -0.1) is 0 Å². The number of nitrogens with zero attached hydrogens (tertiary/aromatic N) is 1. The van der Waals surface area contributed by atoms with Crippen LogP contribution in [0.5, 0.6) is 0 Å². The van der Waals surface area contributed by atoms with Crippen LogP contribution in [0.25, 0.3) is 0 Å². The molecule has 3 aromatic carbocycles. The van der Waals surface area contributed by atoms with Crippen molar-refractivity contribution < 1.29 is 23.5 Å². The van der Waals surface area contributed by atoms with E-state index in [1.807, 2.05) is 0 Å². The molecule has 3 N–H and O–H groups in total. The Labute approximate surface area is 198 Å². The fourth-order valence-corrected chi connectivity index (χ4v) is 3.33. The van der Waals surface area contributed by atoms with E-state index in [-0.39, 0.29) is 23.8 Å². The maximum atomic E-state index is 14.6. The van der Waals surface area contributed by atoms with Crippen molar-refractivity contribution in [1.29, 1.82) is 0 Å². The Morgan fingerprint density at radius 2 is 1.64 bits per heavy atom. The van der Waals surface area contributed by atoms with Crippen molar-refractivity contribution in [3.05, 3.63) is 88.1 Å². The van der Waals surface area contributed by atoms with E-state index < -0.39 is 24.2 Å². The second kappa shape index (κ2) is 10.7. The molecule has 2 amide bonds. The molecule has 0 bridgehead atoms. The van der Waals surface area contributed by atoms with E-state index in [0.29, 0.717) is 21.4 Å². The first-order valence-electron chi connectivity index (χ1n) is 9.98. The molecule has 0 aromatic heterocycles. The Morgan fingerprint density at radius 1 is 1.00 bits per heavy atom. The lowest BCUT2D eigenvalue weighted by molar-refractivity contribution is -0.141. The van der Waals surface area contributed by atoms with Crippen LogP contribution in [0.2, 0.25) is 0 Å². The third-order valence-corrected chi connectivity index (χ3v) is 5.09. The number of hydrogen-bond acceptors (Lipinski definition) is 5. The van der Waals surface area contributed by atoms with Crippen LogP contribution in [0.1, 0.15) is 27.6 Å². The maximum Gasteiger partial charge on any atom is 0.326 e. The second-order valence-corrected chi connectivity index (χ2v) is 7.86. The molecule has 0 atom stereocenters. The number of benzene rings is 3. The molecular formula is C24H21BrFN3O4. The molecule has 170 valence electrons. The van der Waals surface area contributed by atoms with Crippen molar-refractivity contribution in [2.45, 2.75) is 6.92 Å². The minimum absolute atomic E-state index is 0.0583. The summed E-state index contributed by atoms with van der Waals surface area (Å²) in [5, 5.41) is 2.73. The van der Waals surface area contributed by atoms with Gasteiger partial charge in [0.15, 0.2) is 0 Å². The maximum absolute atomic E-state index is 14.6. The molecule has 3 aromatic rings. The van der Waals surface area contributed by atoms with Crippen molar-refractivity contribution in [2.75, 3.05) is 29.1 Å². The monoisotopic (exact) mass is 513 g/mol. The van der Waals surface area contributed by atoms with Crippen LogP contribution >= 0.6 is 15.9 Å². The standard InChI is InChI=1S/C24H21BrFN3O4/c1-2-33-22(30)14-29(21-12-7-17(25)13-20(21)26)24(32)16-5-10-19(11-6-16)28-23(31)15-3-8-18(27)9-4-15/h3-13H,2,14,27H2,1H3,(H,28,31). The predicted molar refractivity (Wildman–Crippen MR) is 128 cm³/mol. The molecule has 0 heterocycles. The summed E-state index contributed by atoms with van der Waals surface area (Å²) in [5.74, 6) is -2.27. The highest BCUT2D eigenvalue weighted by Gasteiger charge is 2.24.